The highest BCUT2D eigenvalue weighted by Gasteiger charge is 2.21. The van der Waals surface area contributed by atoms with E-state index >= 15 is 0 Å². The van der Waals surface area contributed by atoms with Crippen molar-refractivity contribution in [2.24, 2.45) is 10.7 Å². The first-order chi connectivity index (χ1) is 16.8. The average molecular weight is 479 g/mol. The number of amides is 3. The van der Waals surface area contributed by atoms with Crippen LogP contribution in [0.15, 0.2) is 47.2 Å². The van der Waals surface area contributed by atoms with Gasteiger partial charge in [0, 0.05) is 49.0 Å². The van der Waals surface area contributed by atoms with Gasteiger partial charge in [-0.2, -0.15) is 0 Å². The highest BCUT2D eigenvalue weighted by atomic mass is 16.4. The molecule has 0 spiro atoms. The summed E-state index contributed by atoms with van der Waals surface area (Å²) < 4.78 is 0. The lowest BCUT2D eigenvalue weighted by molar-refractivity contribution is -0.127. The molecule has 0 aliphatic carbocycles. The molecule has 1 aromatic heterocycles. The Hall–Kier alpha value is -4.21. The summed E-state index contributed by atoms with van der Waals surface area (Å²) in [5.41, 5.74) is 9.30. The van der Waals surface area contributed by atoms with Gasteiger partial charge < -0.3 is 26.4 Å². The maximum absolute atomic E-state index is 13.1. The average Bonchev–Trinajstić information content (AvgIpc) is 2.99. The molecular formula is C25H30N6O4. The smallest absolute Gasteiger partial charge is 0.404 e. The molecule has 1 aromatic carbocycles. The van der Waals surface area contributed by atoms with Gasteiger partial charge in [-0.05, 0) is 42.7 Å². The number of hydrogen-bond donors (Lipinski definition) is 4. The van der Waals surface area contributed by atoms with E-state index in [1.54, 1.807) is 30.3 Å². The molecule has 184 valence electrons. The molecule has 0 unspecified atom stereocenters. The van der Waals surface area contributed by atoms with Gasteiger partial charge in [-0.25, -0.2) is 9.79 Å². The molecular weight excluding hydrogens is 448 g/mol. The molecule has 3 rings (SSSR count). The van der Waals surface area contributed by atoms with Gasteiger partial charge in [-0.15, -0.1) is 0 Å². The van der Waals surface area contributed by atoms with E-state index in [0.717, 1.165) is 12.8 Å². The number of fused-ring (bicyclic) bond motifs is 1. The molecule has 5 N–H and O–H groups in total. The monoisotopic (exact) mass is 478 g/mol. The van der Waals surface area contributed by atoms with Crippen molar-refractivity contribution in [1.82, 2.24) is 15.2 Å². The number of hydrogen-bond acceptors (Lipinski definition) is 6. The summed E-state index contributed by atoms with van der Waals surface area (Å²) in [6, 6.07) is 6.66. The Morgan fingerprint density at radius 2 is 1.86 bits per heavy atom. The predicted octanol–water partition coefficient (Wildman–Crippen LogP) is 3.53. The third-order valence-corrected chi connectivity index (χ3v) is 5.30. The van der Waals surface area contributed by atoms with Gasteiger partial charge in [0.15, 0.2) is 0 Å². The molecule has 35 heavy (non-hydrogen) atoms. The van der Waals surface area contributed by atoms with Crippen LogP contribution in [0.5, 0.6) is 0 Å². The third kappa shape index (κ3) is 6.89. The van der Waals surface area contributed by atoms with Crippen LogP contribution < -0.4 is 16.4 Å². The van der Waals surface area contributed by atoms with Crippen molar-refractivity contribution in [1.29, 1.82) is 0 Å². The maximum atomic E-state index is 13.1. The molecule has 10 nitrogen and oxygen atoms in total. The lowest BCUT2D eigenvalue weighted by Gasteiger charge is -2.22. The van der Waals surface area contributed by atoms with E-state index in [-0.39, 0.29) is 24.8 Å². The van der Waals surface area contributed by atoms with Crippen LogP contribution >= 0.6 is 0 Å². The molecule has 3 amide bonds. The van der Waals surface area contributed by atoms with Crippen molar-refractivity contribution in [3.05, 3.63) is 58.9 Å². The van der Waals surface area contributed by atoms with E-state index in [0.29, 0.717) is 52.6 Å². The summed E-state index contributed by atoms with van der Waals surface area (Å²) in [5.74, 6) is -0.128. The van der Waals surface area contributed by atoms with E-state index in [2.05, 4.69) is 20.6 Å². The quantitative estimate of drug-likeness (QED) is 0.433. The number of benzene rings is 1. The summed E-state index contributed by atoms with van der Waals surface area (Å²) in [7, 11) is 0. The molecule has 0 saturated carbocycles. The Kier molecular flexibility index (Phi) is 8.55. The Bertz CT molecular complexity index is 1170. The number of rotatable bonds is 9. The normalized spacial score (nSPS) is 12.5. The number of aliphatic imine (C=N–C) groups is 1. The number of carboxylic acid groups (broad SMARTS) is 1. The number of anilines is 1. The first kappa shape index (κ1) is 25.4. The molecule has 10 heteroatoms. The second-order valence-corrected chi connectivity index (χ2v) is 8.21. The zero-order chi connectivity index (χ0) is 25.4. The summed E-state index contributed by atoms with van der Waals surface area (Å²) in [4.78, 5) is 47.0. The van der Waals surface area contributed by atoms with Crippen molar-refractivity contribution < 1.29 is 19.5 Å². The first-order valence-corrected chi connectivity index (χ1v) is 11.5. The van der Waals surface area contributed by atoms with Gasteiger partial charge in [0.25, 0.3) is 5.91 Å². The number of amidine groups is 1. The van der Waals surface area contributed by atoms with Crippen LogP contribution in [0.3, 0.4) is 0 Å². The zero-order valence-corrected chi connectivity index (χ0v) is 19.9. The van der Waals surface area contributed by atoms with Crippen molar-refractivity contribution in [3.63, 3.8) is 0 Å². The van der Waals surface area contributed by atoms with Crippen LogP contribution in [0.4, 0.5) is 16.2 Å². The van der Waals surface area contributed by atoms with Crippen LogP contribution in [0.1, 0.15) is 54.6 Å². The third-order valence-electron chi connectivity index (χ3n) is 5.30. The SMILES string of the molecule is CCCN(CCC)C(=O)C1=Cc2ccc(C(=O)Nc3cncc(CNC(=O)O)c3)cc2N=C(N)C1. The number of pyridine rings is 1. The van der Waals surface area contributed by atoms with E-state index in [1.165, 1.54) is 12.4 Å². The number of nitrogens with zero attached hydrogens (tertiary/aromatic N) is 3. The van der Waals surface area contributed by atoms with Crippen molar-refractivity contribution in [2.45, 2.75) is 39.7 Å². The van der Waals surface area contributed by atoms with E-state index in [4.69, 9.17) is 10.8 Å². The Balaban J connectivity index is 1.81. The molecule has 0 bridgehead atoms. The molecule has 2 heterocycles. The summed E-state index contributed by atoms with van der Waals surface area (Å²) >= 11 is 0. The Labute approximate surface area is 203 Å². The zero-order valence-electron chi connectivity index (χ0n) is 19.9. The van der Waals surface area contributed by atoms with Crippen molar-refractivity contribution >= 4 is 41.2 Å². The second-order valence-electron chi connectivity index (χ2n) is 8.21. The number of nitrogens with one attached hydrogen (secondary N) is 2. The lowest BCUT2D eigenvalue weighted by Crippen LogP contribution is -2.34. The minimum Gasteiger partial charge on any atom is -0.465 e. The van der Waals surface area contributed by atoms with Crippen LogP contribution in [0, 0.1) is 0 Å². The molecule has 1 aliphatic heterocycles. The largest absolute Gasteiger partial charge is 0.465 e. The molecule has 2 aromatic rings. The van der Waals surface area contributed by atoms with Gasteiger partial charge in [-0.1, -0.05) is 19.9 Å². The number of carbonyl (C=O) groups is 3. The van der Waals surface area contributed by atoms with Gasteiger partial charge in [0.2, 0.25) is 5.91 Å². The molecule has 0 atom stereocenters. The first-order valence-electron chi connectivity index (χ1n) is 11.5. The fraction of sp³-hybridized carbons (Fsp3) is 0.320. The topological polar surface area (TPSA) is 150 Å². The van der Waals surface area contributed by atoms with Gasteiger partial charge in [0.1, 0.15) is 5.84 Å². The lowest BCUT2D eigenvalue weighted by atomic mass is 10.0. The predicted molar refractivity (Wildman–Crippen MR) is 135 cm³/mol. The highest BCUT2D eigenvalue weighted by molar-refractivity contribution is 6.07. The van der Waals surface area contributed by atoms with Gasteiger partial charge >= 0.3 is 6.09 Å². The minimum absolute atomic E-state index is 0.0497. The molecule has 0 radical (unpaired) electrons. The number of aromatic nitrogens is 1. The fourth-order valence-corrected chi connectivity index (χ4v) is 3.76. The van der Waals surface area contributed by atoms with Crippen LogP contribution in [0.2, 0.25) is 0 Å². The van der Waals surface area contributed by atoms with E-state index in [1.807, 2.05) is 18.7 Å². The van der Waals surface area contributed by atoms with Crippen molar-refractivity contribution in [3.8, 4) is 0 Å². The summed E-state index contributed by atoms with van der Waals surface area (Å²) in [6.07, 6.45) is 5.61. The second kappa shape index (κ2) is 11.8. The maximum Gasteiger partial charge on any atom is 0.404 e. The molecule has 0 fully saturated rings. The van der Waals surface area contributed by atoms with E-state index in [9.17, 15) is 14.4 Å². The standard InChI is InChI=1S/C25H30N6O4/c1-3-7-31(8-4-2)24(33)19-10-17-5-6-18(11-21(17)30-22(26)12-19)23(32)29-20-9-16(13-27-15-20)14-28-25(34)35/h5-6,9-11,13,15,28H,3-4,7-8,12,14H2,1-2H3,(H2,26,30)(H,29,32)(H,34,35). The number of carbonyl (C=O) groups excluding carboxylic acids is 2. The fourth-order valence-electron chi connectivity index (χ4n) is 3.76. The van der Waals surface area contributed by atoms with Crippen LogP contribution in [-0.4, -0.2) is 51.8 Å². The molecule has 0 saturated heterocycles. The van der Waals surface area contributed by atoms with Gasteiger partial charge in [0.05, 0.1) is 17.6 Å². The summed E-state index contributed by atoms with van der Waals surface area (Å²) in [6.45, 7) is 5.49. The minimum atomic E-state index is -1.15. The van der Waals surface area contributed by atoms with E-state index < -0.39 is 6.09 Å². The van der Waals surface area contributed by atoms with Crippen LogP contribution in [0.25, 0.3) is 6.08 Å². The molecule has 1 aliphatic rings. The van der Waals surface area contributed by atoms with Crippen LogP contribution in [-0.2, 0) is 11.3 Å². The summed E-state index contributed by atoms with van der Waals surface area (Å²) in [5, 5.41) is 13.8. The van der Waals surface area contributed by atoms with Gasteiger partial charge in [-0.3, -0.25) is 14.6 Å². The Morgan fingerprint density at radius 3 is 2.54 bits per heavy atom. The Morgan fingerprint density at radius 1 is 1.11 bits per heavy atom. The highest BCUT2D eigenvalue weighted by Crippen LogP contribution is 2.29. The van der Waals surface area contributed by atoms with Crippen molar-refractivity contribution in [2.75, 3.05) is 18.4 Å². The number of nitrogens with two attached hydrogens (primary N) is 1.